The Balaban J connectivity index is 1.63. The van der Waals surface area contributed by atoms with Crippen LogP contribution in [0.15, 0.2) is 33.0 Å². The molecule has 30 heavy (non-hydrogen) atoms. The highest BCUT2D eigenvalue weighted by atomic mass is 32.2. The van der Waals surface area contributed by atoms with Crippen molar-refractivity contribution in [2.24, 2.45) is 0 Å². The molecule has 3 aromatic rings. The molecule has 0 saturated heterocycles. The van der Waals surface area contributed by atoms with Crippen LogP contribution in [0, 0.1) is 13.8 Å². The van der Waals surface area contributed by atoms with Crippen LogP contribution in [0.2, 0.25) is 0 Å². The van der Waals surface area contributed by atoms with Gasteiger partial charge in [-0.2, -0.15) is 0 Å². The van der Waals surface area contributed by atoms with E-state index in [4.69, 9.17) is 4.98 Å². The molecule has 3 heterocycles. The van der Waals surface area contributed by atoms with E-state index in [1.54, 1.807) is 16.3 Å². The minimum Gasteiger partial charge on any atom is -0.300 e. The minimum absolute atomic E-state index is 0.0629. The summed E-state index contributed by atoms with van der Waals surface area (Å²) in [7, 11) is 0. The first-order valence-corrected chi connectivity index (χ1v) is 12.4. The molecular formula is C20H21N5O2S3. The standard InChI is InChI=1S/C20H21N5O2S3/c1-4-16-23-24-19(30-16)22-15(26)10-29-20-21-14-5-6-28-17(14)18(27)25(20)13-8-11(2)7-12(3)9-13/h7-9H,4-6,10H2,1-3H3,(H,22,24,26). The van der Waals surface area contributed by atoms with Crippen LogP contribution in [-0.4, -0.2) is 37.2 Å². The van der Waals surface area contributed by atoms with Crippen molar-refractivity contribution in [2.75, 3.05) is 16.8 Å². The van der Waals surface area contributed by atoms with Crippen molar-refractivity contribution >= 4 is 45.9 Å². The Bertz CT molecular complexity index is 1150. The van der Waals surface area contributed by atoms with E-state index >= 15 is 0 Å². The maximum atomic E-state index is 13.2. The van der Waals surface area contributed by atoms with Gasteiger partial charge in [-0.1, -0.05) is 36.1 Å². The molecule has 0 fully saturated rings. The average molecular weight is 460 g/mol. The molecule has 10 heteroatoms. The van der Waals surface area contributed by atoms with Gasteiger partial charge in [0.05, 0.1) is 22.0 Å². The number of thioether (sulfide) groups is 2. The van der Waals surface area contributed by atoms with Gasteiger partial charge >= 0.3 is 0 Å². The van der Waals surface area contributed by atoms with Crippen molar-refractivity contribution in [2.45, 2.75) is 43.7 Å². The molecule has 0 radical (unpaired) electrons. The fourth-order valence-corrected chi connectivity index (χ4v) is 5.78. The van der Waals surface area contributed by atoms with Gasteiger partial charge < -0.3 is 0 Å². The van der Waals surface area contributed by atoms with Crippen LogP contribution in [0.3, 0.4) is 0 Å². The third kappa shape index (κ3) is 4.45. The van der Waals surface area contributed by atoms with Crippen LogP contribution < -0.4 is 10.9 Å². The van der Waals surface area contributed by atoms with Crippen molar-refractivity contribution in [3.8, 4) is 5.69 Å². The first-order chi connectivity index (χ1) is 14.4. The molecule has 0 atom stereocenters. The van der Waals surface area contributed by atoms with Crippen LogP contribution in [0.25, 0.3) is 5.69 Å². The number of benzene rings is 1. The zero-order chi connectivity index (χ0) is 21.3. The number of fused-ring (bicyclic) bond motifs is 1. The van der Waals surface area contributed by atoms with Gasteiger partial charge in [-0.3, -0.25) is 19.5 Å². The smallest absolute Gasteiger partial charge is 0.272 e. The van der Waals surface area contributed by atoms with Gasteiger partial charge in [0.1, 0.15) is 5.01 Å². The largest absolute Gasteiger partial charge is 0.300 e. The molecule has 0 saturated carbocycles. The molecule has 0 aliphatic carbocycles. The minimum atomic E-state index is -0.199. The number of aryl methyl sites for hydroxylation is 4. The van der Waals surface area contributed by atoms with Crippen LogP contribution in [0.5, 0.6) is 0 Å². The second kappa shape index (κ2) is 8.91. The summed E-state index contributed by atoms with van der Waals surface area (Å²) in [6, 6.07) is 6.01. The summed E-state index contributed by atoms with van der Waals surface area (Å²) in [5.41, 5.74) is 3.68. The molecule has 1 aromatic carbocycles. The average Bonchev–Trinajstić information content (AvgIpc) is 3.34. The number of hydrogen-bond acceptors (Lipinski definition) is 8. The first-order valence-electron chi connectivity index (χ1n) is 9.57. The topological polar surface area (TPSA) is 89.8 Å². The number of hydrogen-bond donors (Lipinski definition) is 1. The van der Waals surface area contributed by atoms with Crippen LogP contribution >= 0.6 is 34.9 Å². The second-order valence-electron chi connectivity index (χ2n) is 6.95. The second-order valence-corrected chi connectivity index (χ2v) is 10.1. The van der Waals surface area contributed by atoms with E-state index in [1.807, 2.05) is 32.9 Å². The molecule has 1 N–H and O–H groups in total. The van der Waals surface area contributed by atoms with Crippen molar-refractivity contribution in [1.82, 2.24) is 19.7 Å². The van der Waals surface area contributed by atoms with Crippen LogP contribution in [-0.2, 0) is 17.6 Å². The van der Waals surface area contributed by atoms with Gasteiger partial charge in [-0.05, 0) is 43.5 Å². The summed E-state index contributed by atoms with van der Waals surface area (Å²) < 4.78 is 1.63. The van der Waals surface area contributed by atoms with Crippen molar-refractivity contribution in [3.63, 3.8) is 0 Å². The van der Waals surface area contributed by atoms with Gasteiger partial charge in [-0.25, -0.2) is 4.98 Å². The molecule has 0 unspecified atom stereocenters. The molecule has 1 amide bonds. The predicted molar refractivity (Wildman–Crippen MR) is 122 cm³/mol. The summed E-state index contributed by atoms with van der Waals surface area (Å²) in [6.45, 7) is 6.00. The Hall–Kier alpha value is -2.17. The van der Waals surface area contributed by atoms with E-state index in [1.165, 1.54) is 23.1 Å². The number of carbonyl (C=O) groups excluding carboxylic acids is 1. The third-order valence-corrected chi connectivity index (χ3v) is 7.51. The van der Waals surface area contributed by atoms with E-state index in [-0.39, 0.29) is 17.2 Å². The van der Waals surface area contributed by atoms with E-state index in [0.29, 0.717) is 15.2 Å². The Morgan fingerprint density at radius 3 is 2.70 bits per heavy atom. The summed E-state index contributed by atoms with van der Waals surface area (Å²) in [5, 5.41) is 12.7. The number of carbonyl (C=O) groups is 1. The SMILES string of the molecule is CCc1nnc(NC(=O)CSc2nc3c(c(=O)n2-c2cc(C)cc(C)c2)SCC3)s1. The molecule has 7 nitrogen and oxygen atoms in total. The molecule has 2 aromatic heterocycles. The summed E-state index contributed by atoms with van der Waals surface area (Å²) in [6.07, 6.45) is 1.55. The summed E-state index contributed by atoms with van der Waals surface area (Å²) in [5.74, 6) is 0.787. The lowest BCUT2D eigenvalue weighted by Crippen LogP contribution is -2.25. The Labute approximate surface area is 186 Å². The van der Waals surface area contributed by atoms with Crippen molar-refractivity contribution in [3.05, 3.63) is 50.4 Å². The van der Waals surface area contributed by atoms with Crippen LogP contribution in [0.1, 0.15) is 28.8 Å². The Morgan fingerprint density at radius 2 is 2.00 bits per heavy atom. The lowest BCUT2D eigenvalue weighted by Gasteiger charge is -2.14. The maximum absolute atomic E-state index is 13.2. The number of rotatable bonds is 6. The van der Waals surface area contributed by atoms with Gasteiger partial charge in [-0.15, -0.1) is 22.0 Å². The quantitative estimate of drug-likeness (QED) is 0.445. The van der Waals surface area contributed by atoms with Gasteiger partial charge in [0.2, 0.25) is 11.0 Å². The predicted octanol–water partition coefficient (Wildman–Crippen LogP) is 3.64. The number of aromatic nitrogens is 4. The molecule has 4 rings (SSSR count). The van der Waals surface area contributed by atoms with E-state index in [2.05, 4.69) is 21.6 Å². The van der Waals surface area contributed by atoms with Gasteiger partial charge in [0, 0.05) is 12.2 Å². The number of anilines is 1. The van der Waals surface area contributed by atoms with Crippen molar-refractivity contribution in [1.29, 1.82) is 0 Å². The summed E-state index contributed by atoms with van der Waals surface area (Å²) in [4.78, 5) is 31.2. The monoisotopic (exact) mass is 459 g/mol. The maximum Gasteiger partial charge on any atom is 0.272 e. The van der Waals surface area contributed by atoms with Crippen LogP contribution in [0.4, 0.5) is 5.13 Å². The highest BCUT2D eigenvalue weighted by Gasteiger charge is 2.23. The van der Waals surface area contributed by atoms with E-state index in [9.17, 15) is 9.59 Å². The van der Waals surface area contributed by atoms with E-state index < -0.39 is 0 Å². The fourth-order valence-electron chi connectivity index (χ4n) is 3.23. The lowest BCUT2D eigenvalue weighted by atomic mass is 10.1. The normalized spacial score (nSPS) is 12.8. The number of nitrogens with one attached hydrogen (secondary N) is 1. The molecule has 1 aliphatic heterocycles. The molecular weight excluding hydrogens is 438 g/mol. The first kappa shape index (κ1) is 21.1. The molecule has 0 bridgehead atoms. The Morgan fingerprint density at radius 1 is 1.23 bits per heavy atom. The lowest BCUT2D eigenvalue weighted by molar-refractivity contribution is -0.113. The Kier molecular flexibility index (Phi) is 6.26. The third-order valence-electron chi connectivity index (χ3n) is 4.48. The zero-order valence-electron chi connectivity index (χ0n) is 16.9. The fraction of sp³-hybridized carbons (Fsp3) is 0.350. The summed E-state index contributed by atoms with van der Waals surface area (Å²) >= 11 is 4.18. The van der Waals surface area contributed by atoms with Gasteiger partial charge in [0.25, 0.3) is 5.56 Å². The highest BCUT2D eigenvalue weighted by Crippen LogP contribution is 2.30. The highest BCUT2D eigenvalue weighted by molar-refractivity contribution is 8.00. The van der Waals surface area contributed by atoms with E-state index in [0.717, 1.165) is 46.1 Å². The number of amides is 1. The molecule has 1 aliphatic rings. The number of nitrogens with zero attached hydrogens (tertiary/aromatic N) is 4. The molecule has 156 valence electrons. The van der Waals surface area contributed by atoms with Gasteiger partial charge in [0.15, 0.2) is 5.16 Å². The zero-order valence-corrected chi connectivity index (χ0v) is 19.3. The molecule has 0 spiro atoms. The van der Waals surface area contributed by atoms with Crippen molar-refractivity contribution < 1.29 is 4.79 Å².